The van der Waals surface area contributed by atoms with Gasteiger partial charge in [-0.25, -0.2) is 0 Å². The van der Waals surface area contributed by atoms with E-state index in [2.05, 4.69) is 72.9 Å². The molecule has 130 valence electrons. The zero-order valence-corrected chi connectivity index (χ0v) is 15.7. The van der Waals surface area contributed by atoms with Crippen molar-refractivity contribution >= 4 is 18.5 Å². The van der Waals surface area contributed by atoms with E-state index < -0.39 is 0 Å². The van der Waals surface area contributed by atoms with E-state index in [4.69, 9.17) is 0 Å². The lowest BCUT2D eigenvalue weighted by Crippen LogP contribution is -2.25. The van der Waals surface area contributed by atoms with Crippen LogP contribution in [0.3, 0.4) is 0 Å². The summed E-state index contributed by atoms with van der Waals surface area (Å²) in [6, 6.07) is 16.9. The Labute approximate surface area is 155 Å². The Hall–Kier alpha value is -3.00. The molecule has 0 amide bonds. The number of aryl methyl sites for hydroxylation is 1. The molecular weight excluding hydrogens is 316 g/mol. The summed E-state index contributed by atoms with van der Waals surface area (Å²) in [6.07, 6.45) is 6.56. The summed E-state index contributed by atoms with van der Waals surface area (Å²) in [4.78, 5) is 8.86. The maximum Gasteiger partial charge on any atom is 0.0346 e. The molecule has 0 atom stereocenters. The average molecular weight is 340 g/mol. The minimum Gasteiger partial charge on any atom is -0.265 e. The van der Waals surface area contributed by atoms with Crippen molar-refractivity contribution in [2.24, 2.45) is 4.99 Å². The van der Waals surface area contributed by atoms with Crippen molar-refractivity contribution in [1.29, 1.82) is 0 Å². The van der Waals surface area contributed by atoms with Crippen LogP contribution in [0.2, 0.25) is 0 Å². The van der Waals surface area contributed by atoms with Crippen LogP contribution in [0.15, 0.2) is 65.9 Å². The van der Waals surface area contributed by atoms with Crippen molar-refractivity contribution in [2.75, 3.05) is 0 Å². The van der Waals surface area contributed by atoms with Crippen molar-refractivity contribution in [2.45, 2.75) is 27.2 Å². The minimum atomic E-state index is 0.940. The molecule has 0 saturated carbocycles. The summed E-state index contributed by atoms with van der Waals surface area (Å²) in [5.74, 6) is 0. The molecule has 0 fully saturated rings. The highest BCUT2D eigenvalue weighted by Gasteiger charge is 2.05. The Bertz CT molecular complexity index is 1050. The molecule has 3 aromatic rings. The summed E-state index contributed by atoms with van der Waals surface area (Å²) < 4.78 is 0. The second kappa shape index (κ2) is 7.92. The largest absolute Gasteiger partial charge is 0.265 e. The second-order valence-electron chi connectivity index (χ2n) is 6.55. The topological polar surface area (TPSA) is 25.2 Å². The number of hydrogen-bond donors (Lipinski definition) is 0. The van der Waals surface area contributed by atoms with E-state index in [1.807, 2.05) is 25.4 Å². The van der Waals surface area contributed by atoms with Gasteiger partial charge in [-0.1, -0.05) is 49.4 Å². The van der Waals surface area contributed by atoms with E-state index >= 15 is 0 Å². The highest BCUT2D eigenvalue weighted by Crippen LogP contribution is 2.22. The highest BCUT2D eigenvalue weighted by molar-refractivity contribution is 5.83. The molecule has 0 aliphatic rings. The van der Waals surface area contributed by atoms with Crippen molar-refractivity contribution in [3.05, 3.63) is 76.9 Å². The molecule has 0 saturated heterocycles. The zero-order chi connectivity index (χ0) is 18.5. The third kappa shape index (κ3) is 3.97. The minimum absolute atomic E-state index is 0.940. The van der Waals surface area contributed by atoms with Crippen molar-refractivity contribution < 1.29 is 0 Å². The second-order valence-corrected chi connectivity index (χ2v) is 6.55. The molecule has 1 heterocycles. The monoisotopic (exact) mass is 340 g/mol. The van der Waals surface area contributed by atoms with Gasteiger partial charge >= 0.3 is 0 Å². The third-order valence-corrected chi connectivity index (χ3v) is 4.54. The number of rotatable bonds is 4. The molecule has 0 aliphatic heterocycles. The van der Waals surface area contributed by atoms with Crippen molar-refractivity contribution in [1.82, 2.24) is 4.98 Å². The molecule has 0 radical (unpaired) electrons. The molecule has 2 heteroatoms. The SMILES string of the molecule is C=c1c(-c2cccc(C)c2)cc(-c2cccnc2)c/c1=C/N=C(\C)CC. The van der Waals surface area contributed by atoms with Crippen LogP contribution in [-0.4, -0.2) is 10.7 Å². The normalized spacial score (nSPS) is 12.4. The van der Waals surface area contributed by atoms with Crippen LogP contribution in [0.1, 0.15) is 25.8 Å². The Kier molecular flexibility index (Phi) is 5.43. The van der Waals surface area contributed by atoms with Crippen LogP contribution in [0.25, 0.3) is 35.0 Å². The van der Waals surface area contributed by atoms with Gasteiger partial charge in [-0.2, -0.15) is 0 Å². The predicted octanol–water partition coefficient (Wildman–Crippen LogP) is 4.74. The fourth-order valence-electron chi connectivity index (χ4n) is 2.85. The average Bonchev–Trinajstić information content (AvgIpc) is 2.67. The fourth-order valence-corrected chi connectivity index (χ4v) is 2.85. The summed E-state index contributed by atoms with van der Waals surface area (Å²) in [7, 11) is 0. The molecule has 0 spiro atoms. The Morgan fingerprint density at radius 2 is 1.88 bits per heavy atom. The number of benzene rings is 2. The van der Waals surface area contributed by atoms with E-state index in [1.54, 1.807) is 6.20 Å². The van der Waals surface area contributed by atoms with Gasteiger partial charge in [0.2, 0.25) is 0 Å². The Morgan fingerprint density at radius 1 is 1.08 bits per heavy atom. The van der Waals surface area contributed by atoms with Crippen LogP contribution < -0.4 is 10.4 Å². The van der Waals surface area contributed by atoms with E-state index in [1.165, 1.54) is 11.1 Å². The first-order chi connectivity index (χ1) is 12.6. The maximum atomic E-state index is 4.60. The number of aliphatic imine (C=N–C) groups is 1. The van der Waals surface area contributed by atoms with Gasteiger partial charge in [0, 0.05) is 35.1 Å². The summed E-state index contributed by atoms with van der Waals surface area (Å²) in [5.41, 5.74) is 6.86. The van der Waals surface area contributed by atoms with Crippen LogP contribution >= 0.6 is 0 Å². The summed E-state index contributed by atoms with van der Waals surface area (Å²) in [6.45, 7) is 10.6. The molecule has 0 bridgehead atoms. The first-order valence-corrected chi connectivity index (χ1v) is 8.92. The van der Waals surface area contributed by atoms with Gasteiger partial charge < -0.3 is 0 Å². The van der Waals surface area contributed by atoms with Gasteiger partial charge in [0.1, 0.15) is 0 Å². The predicted molar refractivity (Wildman–Crippen MR) is 112 cm³/mol. The zero-order valence-electron chi connectivity index (χ0n) is 15.7. The molecular formula is C24H24N2. The summed E-state index contributed by atoms with van der Waals surface area (Å²) in [5, 5.41) is 2.03. The van der Waals surface area contributed by atoms with Crippen LogP contribution in [-0.2, 0) is 0 Å². The molecule has 1 aromatic heterocycles. The fraction of sp³-hybridized carbons (Fsp3) is 0.167. The van der Waals surface area contributed by atoms with Gasteiger partial charge in [-0.15, -0.1) is 0 Å². The first-order valence-electron chi connectivity index (χ1n) is 8.92. The number of pyridine rings is 1. The number of nitrogens with zero attached hydrogens (tertiary/aromatic N) is 2. The van der Waals surface area contributed by atoms with E-state index in [0.29, 0.717) is 0 Å². The molecule has 26 heavy (non-hydrogen) atoms. The standard InChI is InChI=1S/C24H24N2/c1-5-18(3)26-16-23-13-22(21-10-7-11-25-15-21)14-24(19(23)4)20-9-6-8-17(2)12-20/h6-16H,4-5H2,1-3H3/b23-16-,26-18+. The maximum absolute atomic E-state index is 4.60. The van der Waals surface area contributed by atoms with Gasteiger partial charge in [0.15, 0.2) is 0 Å². The van der Waals surface area contributed by atoms with Gasteiger partial charge in [0.05, 0.1) is 0 Å². The van der Waals surface area contributed by atoms with Gasteiger partial charge in [0.25, 0.3) is 0 Å². The number of aromatic nitrogens is 1. The van der Waals surface area contributed by atoms with Gasteiger partial charge in [-0.05, 0) is 60.4 Å². The Balaban J connectivity index is 2.28. The Morgan fingerprint density at radius 3 is 2.58 bits per heavy atom. The molecule has 2 aromatic carbocycles. The van der Waals surface area contributed by atoms with Gasteiger partial charge in [-0.3, -0.25) is 9.98 Å². The van der Waals surface area contributed by atoms with Crippen LogP contribution in [0.4, 0.5) is 0 Å². The number of hydrogen-bond acceptors (Lipinski definition) is 2. The molecule has 0 aliphatic carbocycles. The lowest BCUT2D eigenvalue weighted by atomic mass is 9.96. The van der Waals surface area contributed by atoms with E-state index in [9.17, 15) is 0 Å². The first kappa shape index (κ1) is 17.8. The third-order valence-electron chi connectivity index (χ3n) is 4.54. The van der Waals surface area contributed by atoms with Crippen LogP contribution in [0, 0.1) is 6.92 Å². The van der Waals surface area contributed by atoms with E-state index in [-0.39, 0.29) is 0 Å². The van der Waals surface area contributed by atoms with E-state index in [0.717, 1.165) is 39.3 Å². The lowest BCUT2D eigenvalue weighted by molar-refractivity contribution is 1.26. The molecule has 0 N–H and O–H groups in total. The molecule has 0 unspecified atom stereocenters. The highest BCUT2D eigenvalue weighted by atomic mass is 14.7. The van der Waals surface area contributed by atoms with Crippen LogP contribution in [0.5, 0.6) is 0 Å². The smallest absolute Gasteiger partial charge is 0.0346 e. The van der Waals surface area contributed by atoms with Crippen molar-refractivity contribution in [3.8, 4) is 22.3 Å². The quantitative estimate of drug-likeness (QED) is 0.630. The molecule has 3 rings (SSSR count). The lowest BCUT2D eigenvalue weighted by Gasteiger charge is -2.09. The molecule has 2 nitrogen and oxygen atoms in total. The van der Waals surface area contributed by atoms with Crippen molar-refractivity contribution in [3.63, 3.8) is 0 Å². The summed E-state index contributed by atoms with van der Waals surface area (Å²) >= 11 is 0.